The summed E-state index contributed by atoms with van der Waals surface area (Å²) in [6.45, 7) is 6.46. The van der Waals surface area contributed by atoms with E-state index in [1.807, 2.05) is 0 Å². The Kier molecular flexibility index (Phi) is 5.87. The van der Waals surface area contributed by atoms with E-state index < -0.39 is 0 Å². The molecule has 1 atom stereocenters. The number of anilines is 2. The molecule has 30 heavy (non-hydrogen) atoms. The van der Waals surface area contributed by atoms with Crippen molar-refractivity contribution < 1.29 is 0 Å². The second kappa shape index (κ2) is 8.73. The Labute approximate surface area is 180 Å². The van der Waals surface area contributed by atoms with E-state index >= 15 is 0 Å². The number of nitrogens with two attached hydrogens (primary N) is 1. The first-order valence-corrected chi connectivity index (χ1v) is 10.7. The maximum absolute atomic E-state index is 6.92. The van der Waals surface area contributed by atoms with Crippen molar-refractivity contribution in [1.82, 2.24) is 0 Å². The first-order chi connectivity index (χ1) is 14.5. The summed E-state index contributed by atoms with van der Waals surface area (Å²) < 4.78 is 0. The minimum Gasteiger partial charge on any atom is -0.321 e. The number of allylic oxidation sites excluding steroid dienone is 4. The van der Waals surface area contributed by atoms with E-state index in [0.717, 1.165) is 29.8 Å². The Morgan fingerprint density at radius 3 is 2.10 bits per heavy atom. The Bertz CT molecular complexity index is 1070. The fourth-order valence-electron chi connectivity index (χ4n) is 4.08. The lowest BCUT2D eigenvalue weighted by Crippen LogP contribution is -2.31. The molecule has 1 aliphatic rings. The largest absolute Gasteiger partial charge is 0.321 e. The molecule has 2 heteroatoms. The normalized spacial score (nSPS) is 14.7. The Morgan fingerprint density at radius 2 is 1.43 bits per heavy atom. The van der Waals surface area contributed by atoms with Crippen molar-refractivity contribution in [3.8, 4) is 0 Å². The van der Waals surface area contributed by atoms with Crippen LogP contribution in [-0.4, -0.2) is 0 Å². The minimum atomic E-state index is -0.289. The third-order valence-corrected chi connectivity index (χ3v) is 5.89. The van der Waals surface area contributed by atoms with Crippen LogP contribution in [0.3, 0.4) is 0 Å². The molecule has 1 aliphatic carbocycles. The minimum absolute atomic E-state index is 0.289. The Morgan fingerprint density at radius 1 is 0.800 bits per heavy atom. The molecular formula is C28H30N2. The molecular weight excluding hydrogens is 364 g/mol. The number of nitrogens with zero attached hydrogens (tertiary/aromatic N) is 1. The number of hydrogen-bond donors (Lipinski definition) is 1. The average molecular weight is 395 g/mol. The van der Waals surface area contributed by atoms with Crippen molar-refractivity contribution in [3.05, 3.63) is 113 Å². The fourth-order valence-corrected chi connectivity index (χ4v) is 4.08. The summed E-state index contributed by atoms with van der Waals surface area (Å²) in [5.74, 6) is 0. The maximum Gasteiger partial charge on any atom is 0.108 e. The smallest absolute Gasteiger partial charge is 0.108 e. The van der Waals surface area contributed by atoms with Crippen molar-refractivity contribution >= 4 is 16.9 Å². The molecule has 4 rings (SSSR count). The van der Waals surface area contributed by atoms with Crippen LogP contribution < -0.4 is 10.6 Å². The first kappa shape index (κ1) is 20.2. The van der Waals surface area contributed by atoms with Gasteiger partial charge in [-0.05, 0) is 62.9 Å². The molecule has 0 aliphatic heterocycles. The van der Waals surface area contributed by atoms with Crippen LogP contribution in [0.15, 0.2) is 90.5 Å². The molecule has 0 heterocycles. The SMILES string of the molecule is CC1=C(c2ccccc2N(c2ccc(C)cc2)C(N)c2ccc(C)cc2)C=CCC1. The monoisotopic (exact) mass is 394 g/mol. The van der Waals surface area contributed by atoms with Gasteiger partial charge >= 0.3 is 0 Å². The van der Waals surface area contributed by atoms with Gasteiger partial charge in [-0.2, -0.15) is 0 Å². The highest BCUT2D eigenvalue weighted by Crippen LogP contribution is 2.40. The van der Waals surface area contributed by atoms with E-state index in [0.29, 0.717) is 0 Å². The van der Waals surface area contributed by atoms with E-state index in [1.165, 1.54) is 27.8 Å². The van der Waals surface area contributed by atoms with Gasteiger partial charge in [0.15, 0.2) is 0 Å². The van der Waals surface area contributed by atoms with Crippen LogP contribution in [0, 0.1) is 13.8 Å². The molecule has 2 nitrogen and oxygen atoms in total. The molecule has 0 fully saturated rings. The first-order valence-electron chi connectivity index (χ1n) is 10.7. The van der Waals surface area contributed by atoms with Gasteiger partial charge in [0.2, 0.25) is 0 Å². The lowest BCUT2D eigenvalue weighted by Gasteiger charge is -2.34. The van der Waals surface area contributed by atoms with E-state index in [2.05, 4.69) is 111 Å². The number of rotatable bonds is 5. The van der Waals surface area contributed by atoms with Gasteiger partial charge in [0, 0.05) is 11.3 Å². The van der Waals surface area contributed by atoms with Crippen molar-refractivity contribution in [1.29, 1.82) is 0 Å². The third-order valence-electron chi connectivity index (χ3n) is 5.89. The zero-order valence-electron chi connectivity index (χ0n) is 18.1. The van der Waals surface area contributed by atoms with Gasteiger partial charge in [-0.1, -0.05) is 83.4 Å². The second-order valence-electron chi connectivity index (χ2n) is 8.21. The average Bonchev–Trinajstić information content (AvgIpc) is 2.76. The molecule has 3 aromatic rings. The molecule has 0 saturated heterocycles. The van der Waals surface area contributed by atoms with Gasteiger partial charge in [0.25, 0.3) is 0 Å². The predicted octanol–water partition coefficient (Wildman–Crippen LogP) is 7.22. The Balaban J connectivity index is 1.88. The quantitative estimate of drug-likeness (QED) is 0.463. The van der Waals surface area contributed by atoms with Crippen molar-refractivity contribution in [2.45, 2.75) is 39.8 Å². The lowest BCUT2D eigenvalue weighted by molar-refractivity contribution is 0.735. The molecule has 0 amide bonds. The highest BCUT2D eigenvalue weighted by molar-refractivity contribution is 5.87. The van der Waals surface area contributed by atoms with Gasteiger partial charge in [-0.15, -0.1) is 0 Å². The van der Waals surface area contributed by atoms with Crippen LogP contribution in [0.5, 0.6) is 0 Å². The topological polar surface area (TPSA) is 29.3 Å². The zero-order chi connectivity index (χ0) is 21.1. The molecule has 3 aromatic carbocycles. The number of benzene rings is 3. The molecule has 0 aromatic heterocycles. The summed E-state index contributed by atoms with van der Waals surface area (Å²) in [6, 6.07) is 25.8. The van der Waals surface area contributed by atoms with Crippen LogP contribution in [0.2, 0.25) is 0 Å². The van der Waals surface area contributed by atoms with Gasteiger partial charge < -0.3 is 10.6 Å². The van der Waals surface area contributed by atoms with E-state index in [9.17, 15) is 0 Å². The van der Waals surface area contributed by atoms with Crippen LogP contribution in [0.1, 0.15) is 48.2 Å². The summed E-state index contributed by atoms with van der Waals surface area (Å²) in [4.78, 5) is 2.27. The van der Waals surface area contributed by atoms with Gasteiger partial charge in [-0.3, -0.25) is 0 Å². The summed E-state index contributed by atoms with van der Waals surface area (Å²) in [5.41, 5.74) is 16.7. The number of aryl methyl sites for hydroxylation is 2. The zero-order valence-corrected chi connectivity index (χ0v) is 18.1. The molecule has 0 radical (unpaired) electrons. The van der Waals surface area contributed by atoms with Gasteiger partial charge in [0.1, 0.15) is 6.17 Å². The Hall–Kier alpha value is -3.10. The highest BCUT2D eigenvalue weighted by Gasteiger charge is 2.23. The van der Waals surface area contributed by atoms with Crippen LogP contribution in [0.4, 0.5) is 11.4 Å². The van der Waals surface area contributed by atoms with Gasteiger partial charge in [-0.25, -0.2) is 0 Å². The van der Waals surface area contributed by atoms with Crippen molar-refractivity contribution in [2.24, 2.45) is 5.73 Å². The number of hydrogen-bond acceptors (Lipinski definition) is 2. The maximum atomic E-state index is 6.92. The summed E-state index contributed by atoms with van der Waals surface area (Å²) in [7, 11) is 0. The van der Waals surface area contributed by atoms with Crippen LogP contribution >= 0.6 is 0 Å². The highest BCUT2D eigenvalue weighted by atomic mass is 15.2. The molecule has 152 valence electrons. The standard InChI is InChI=1S/C28H30N2/c1-20-12-16-23(17-13-20)28(29)30(24-18-14-21(2)15-19-24)27-11-7-6-10-26(27)25-9-5-4-8-22(25)3/h5-7,9-19,28H,4,8,29H2,1-3H3. The van der Waals surface area contributed by atoms with Crippen molar-refractivity contribution in [3.63, 3.8) is 0 Å². The van der Waals surface area contributed by atoms with Gasteiger partial charge in [0.05, 0.1) is 5.69 Å². The molecule has 0 bridgehead atoms. The van der Waals surface area contributed by atoms with E-state index in [1.54, 1.807) is 0 Å². The molecule has 0 saturated carbocycles. The summed E-state index contributed by atoms with van der Waals surface area (Å²) in [5, 5.41) is 0. The summed E-state index contributed by atoms with van der Waals surface area (Å²) in [6.07, 6.45) is 6.47. The fraction of sp³-hybridized carbons (Fsp3) is 0.214. The summed E-state index contributed by atoms with van der Waals surface area (Å²) >= 11 is 0. The molecule has 1 unspecified atom stereocenters. The predicted molar refractivity (Wildman–Crippen MR) is 129 cm³/mol. The van der Waals surface area contributed by atoms with Crippen LogP contribution in [0.25, 0.3) is 5.57 Å². The molecule has 2 N–H and O–H groups in total. The third kappa shape index (κ3) is 4.10. The van der Waals surface area contributed by atoms with E-state index in [-0.39, 0.29) is 6.17 Å². The van der Waals surface area contributed by atoms with E-state index in [4.69, 9.17) is 5.73 Å². The molecule has 0 spiro atoms. The van der Waals surface area contributed by atoms with Crippen molar-refractivity contribution in [2.75, 3.05) is 4.90 Å². The van der Waals surface area contributed by atoms with Crippen LogP contribution in [-0.2, 0) is 0 Å². The lowest BCUT2D eigenvalue weighted by atomic mass is 9.91. The second-order valence-corrected chi connectivity index (χ2v) is 8.21. The number of para-hydroxylation sites is 1.